The zero-order valence-electron chi connectivity index (χ0n) is 16.5. The Balaban J connectivity index is 1.50. The Hall–Kier alpha value is -2.75. The lowest BCUT2D eigenvalue weighted by atomic mass is 10.1. The van der Waals surface area contributed by atoms with Crippen molar-refractivity contribution in [3.8, 4) is 5.75 Å². The summed E-state index contributed by atoms with van der Waals surface area (Å²) in [6, 6.07) is 21.9. The molecule has 1 N–H and O–H groups in total. The van der Waals surface area contributed by atoms with Gasteiger partial charge >= 0.3 is 0 Å². The van der Waals surface area contributed by atoms with Gasteiger partial charge in [-0.3, -0.25) is 19.8 Å². The van der Waals surface area contributed by atoms with Crippen LogP contribution in [0.3, 0.4) is 0 Å². The fourth-order valence-electron chi connectivity index (χ4n) is 3.06. The van der Waals surface area contributed by atoms with Gasteiger partial charge in [-0.05, 0) is 101 Å². The molecule has 1 fully saturated rings. The van der Waals surface area contributed by atoms with Gasteiger partial charge < -0.3 is 4.74 Å². The summed E-state index contributed by atoms with van der Waals surface area (Å²) in [5.41, 5.74) is 2.27. The third-order valence-electron chi connectivity index (χ3n) is 4.70. The predicted octanol–water partition coefficient (Wildman–Crippen LogP) is 5.35. The van der Waals surface area contributed by atoms with Crippen molar-refractivity contribution in [1.29, 1.82) is 0 Å². The number of carbonyl (C=O) groups excluding carboxylic acids is 2. The van der Waals surface area contributed by atoms with Gasteiger partial charge in [0, 0.05) is 8.59 Å². The van der Waals surface area contributed by atoms with Gasteiger partial charge in [-0.25, -0.2) is 0 Å². The zero-order valence-corrected chi connectivity index (χ0v) is 20.3. The number of nitrogens with one attached hydrogen (secondary N) is 1. The first-order chi connectivity index (χ1) is 15.4. The van der Waals surface area contributed by atoms with Crippen LogP contribution in [0.2, 0.25) is 5.02 Å². The number of thiocarbonyl (C=S) groups is 1. The normalized spacial score (nSPS) is 15.1. The predicted molar refractivity (Wildman–Crippen MR) is 138 cm³/mol. The number of anilines is 1. The first kappa shape index (κ1) is 22.4. The molecule has 8 heteroatoms. The third kappa shape index (κ3) is 5.17. The summed E-state index contributed by atoms with van der Waals surface area (Å²) in [5, 5.41) is 3.13. The lowest BCUT2D eigenvalue weighted by molar-refractivity contribution is -0.122. The summed E-state index contributed by atoms with van der Waals surface area (Å²) >= 11 is 13.4. The van der Waals surface area contributed by atoms with E-state index in [4.69, 9.17) is 28.6 Å². The van der Waals surface area contributed by atoms with E-state index in [2.05, 4.69) is 27.9 Å². The van der Waals surface area contributed by atoms with Crippen molar-refractivity contribution in [2.75, 3.05) is 4.90 Å². The van der Waals surface area contributed by atoms with Gasteiger partial charge in [0.15, 0.2) is 5.11 Å². The van der Waals surface area contributed by atoms with Gasteiger partial charge in [0.25, 0.3) is 11.8 Å². The molecule has 32 heavy (non-hydrogen) atoms. The van der Waals surface area contributed by atoms with E-state index < -0.39 is 11.8 Å². The van der Waals surface area contributed by atoms with Crippen LogP contribution in [-0.2, 0) is 16.2 Å². The van der Waals surface area contributed by atoms with Crippen LogP contribution in [0.25, 0.3) is 6.08 Å². The molecule has 0 aromatic heterocycles. The molecule has 1 aliphatic heterocycles. The average Bonchev–Trinajstić information content (AvgIpc) is 2.78. The molecule has 1 saturated heterocycles. The maximum absolute atomic E-state index is 13.0. The fourth-order valence-corrected chi connectivity index (χ4v) is 3.82. The Labute approximate surface area is 209 Å². The minimum absolute atomic E-state index is 0.0129. The lowest BCUT2D eigenvalue weighted by Crippen LogP contribution is -2.54. The molecular formula is C24H16ClIN2O3S. The second-order valence-electron chi connectivity index (χ2n) is 6.92. The van der Waals surface area contributed by atoms with Crippen molar-refractivity contribution < 1.29 is 14.3 Å². The van der Waals surface area contributed by atoms with Gasteiger partial charge in [0.1, 0.15) is 17.9 Å². The van der Waals surface area contributed by atoms with E-state index in [0.717, 1.165) is 5.56 Å². The molecule has 0 aliphatic carbocycles. The number of hydrogen-bond donors (Lipinski definition) is 1. The molecule has 5 nitrogen and oxygen atoms in total. The molecule has 0 unspecified atom stereocenters. The van der Waals surface area contributed by atoms with Crippen LogP contribution >= 0.6 is 46.4 Å². The van der Waals surface area contributed by atoms with E-state index in [1.807, 2.05) is 24.3 Å². The van der Waals surface area contributed by atoms with E-state index in [1.54, 1.807) is 48.5 Å². The summed E-state index contributed by atoms with van der Waals surface area (Å²) in [6.07, 6.45) is 1.53. The Morgan fingerprint density at radius 3 is 2.28 bits per heavy atom. The van der Waals surface area contributed by atoms with E-state index in [1.165, 1.54) is 14.5 Å². The highest BCUT2D eigenvalue weighted by Gasteiger charge is 2.34. The van der Waals surface area contributed by atoms with Gasteiger partial charge in [-0.1, -0.05) is 35.9 Å². The molecule has 0 spiro atoms. The summed E-state index contributed by atoms with van der Waals surface area (Å²) in [7, 11) is 0. The summed E-state index contributed by atoms with van der Waals surface area (Å²) < 4.78 is 6.98. The molecule has 0 saturated carbocycles. The number of rotatable bonds is 5. The highest BCUT2D eigenvalue weighted by molar-refractivity contribution is 14.1. The van der Waals surface area contributed by atoms with Crippen LogP contribution in [0.1, 0.15) is 11.1 Å². The summed E-state index contributed by atoms with van der Waals surface area (Å²) in [6.45, 7) is 0.450. The van der Waals surface area contributed by atoms with Crippen LogP contribution in [0, 0.1) is 3.57 Å². The van der Waals surface area contributed by atoms with Crippen molar-refractivity contribution in [2.24, 2.45) is 0 Å². The van der Waals surface area contributed by atoms with Crippen LogP contribution in [-0.4, -0.2) is 16.9 Å². The van der Waals surface area contributed by atoms with E-state index in [-0.39, 0.29) is 10.7 Å². The highest BCUT2D eigenvalue weighted by Crippen LogP contribution is 2.24. The number of carbonyl (C=O) groups is 2. The lowest BCUT2D eigenvalue weighted by Gasteiger charge is -2.28. The van der Waals surface area contributed by atoms with Gasteiger partial charge in [-0.2, -0.15) is 0 Å². The van der Waals surface area contributed by atoms with Crippen molar-refractivity contribution >= 4 is 75.1 Å². The quantitative estimate of drug-likeness (QED) is 0.193. The van der Waals surface area contributed by atoms with Crippen LogP contribution in [0.4, 0.5) is 5.69 Å². The second-order valence-corrected chi connectivity index (χ2v) is 8.99. The van der Waals surface area contributed by atoms with E-state index in [0.29, 0.717) is 28.6 Å². The summed E-state index contributed by atoms with van der Waals surface area (Å²) in [5.74, 6) is -0.349. The molecular weight excluding hydrogens is 559 g/mol. The van der Waals surface area contributed by atoms with Crippen LogP contribution in [0.5, 0.6) is 5.75 Å². The van der Waals surface area contributed by atoms with Gasteiger partial charge in [0.2, 0.25) is 0 Å². The highest BCUT2D eigenvalue weighted by atomic mass is 127. The molecule has 160 valence electrons. The maximum atomic E-state index is 13.0. The maximum Gasteiger partial charge on any atom is 0.270 e. The van der Waals surface area contributed by atoms with Crippen LogP contribution in [0.15, 0.2) is 78.4 Å². The fraction of sp³-hybridized carbons (Fsp3) is 0.0417. The Morgan fingerprint density at radius 2 is 1.62 bits per heavy atom. The molecule has 3 aromatic rings. The molecule has 1 heterocycles. The summed E-state index contributed by atoms with van der Waals surface area (Å²) in [4.78, 5) is 26.8. The SMILES string of the molecule is O=C1NC(=S)N(c2ccc(Cl)cc2)C(=O)/C1=C/c1ccc(OCc2ccc(I)cc2)cc1. The number of benzene rings is 3. The first-order valence-electron chi connectivity index (χ1n) is 9.55. The number of amides is 2. The zero-order chi connectivity index (χ0) is 22.7. The minimum atomic E-state index is -0.538. The molecule has 2 amide bonds. The smallest absolute Gasteiger partial charge is 0.270 e. The monoisotopic (exact) mass is 574 g/mol. The van der Waals surface area contributed by atoms with Crippen molar-refractivity contribution in [3.05, 3.63) is 98.1 Å². The van der Waals surface area contributed by atoms with Gasteiger partial charge in [0.05, 0.1) is 5.69 Å². The number of hydrogen-bond acceptors (Lipinski definition) is 4. The van der Waals surface area contributed by atoms with Crippen molar-refractivity contribution in [3.63, 3.8) is 0 Å². The molecule has 0 radical (unpaired) electrons. The topological polar surface area (TPSA) is 58.6 Å². The third-order valence-corrected chi connectivity index (χ3v) is 5.95. The Morgan fingerprint density at radius 1 is 0.969 bits per heavy atom. The first-order valence-corrected chi connectivity index (χ1v) is 11.4. The number of halogens is 2. The largest absolute Gasteiger partial charge is 0.489 e. The Bertz CT molecular complexity index is 1210. The minimum Gasteiger partial charge on any atom is -0.489 e. The van der Waals surface area contributed by atoms with Crippen LogP contribution < -0.4 is 15.0 Å². The van der Waals surface area contributed by atoms with Gasteiger partial charge in [-0.15, -0.1) is 0 Å². The second kappa shape index (κ2) is 9.81. The number of nitrogens with zero attached hydrogens (tertiary/aromatic N) is 1. The average molecular weight is 575 g/mol. The molecule has 0 atom stereocenters. The Kier molecular flexibility index (Phi) is 6.88. The molecule has 4 rings (SSSR count). The number of ether oxygens (including phenoxy) is 1. The molecule has 1 aliphatic rings. The molecule has 3 aromatic carbocycles. The standard InChI is InChI=1S/C24H16ClIN2O3S/c25-17-5-9-19(10-6-17)28-23(30)21(22(29)27-24(28)32)13-15-3-11-20(12-4-15)31-14-16-1-7-18(26)8-2-16/h1-13H,14H2,(H,27,29,32)/b21-13+. The molecule has 0 bridgehead atoms. The van der Waals surface area contributed by atoms with Crippen molar-refractivity contribution in [1.82, 2.24) is 5.32 Å². The van der Waals surface area contributed by atoms with E-state index >= 15 is 0 Å². The van der Waals surface area contributed by atoms with Crippen molar-refractivity contribution in [2.45, 2.75) is 6.61 Å². The van der Waals surface area contributed by atoms with E-state index in [9.17, 15) is 9.59 Å².